The molecule has 0 radical (unpaired) electrons. The van der Waals surface area contributed by atoms with Crippen LogP contribution in [0.2, 0.25) is 0 Å². The highest BCUT2D eigenvalue weighted by atomic mass is 32.1. The van der Waals surface area contributed by atoms with Crippen LogP contribution in [0, 0.1) is 6.92 Å². The van der Waals surface area contributed by atoms with Crippen molar-refractivity contribution < 1.29 is 4.79 Å². The number of hydrogen-bond acceptors (Lipinski definition) is 2. The quantitative estimate of drug-likeness (QED) is 0.620. The zero-order chi connectivity index (χ0) is 7.84. The number of aryl methyl sites for hydroxylation is 1. The van der Waals surface area contributed by atoms with Gasteiger partial charge in [0.2, 0.25) is 0 Å². The topological polar surface area (TPSA) is 29.1 Å². The Morgan fingerprint density at radius 3 is 3.18 bits per heavy atom. The molecule has 2 heterocycles. The van der Waals surface area contributed by atoms with E-state index in [0.29, 0.717) is 0 Å². The number of nitrogens with one attached hydrogen (secondary N) is 1. The molecule has 1 aromatic rings. The Labute approximate surface area is 69.2 Å². The molecule has 3 heteroatoms. The molecule has 1 amide bonds. The summed E-state index contributed by atoms with van der Waals surface area (Å²) in [5.41, 5.74) is 1.22. The molecule has 2 nitrogen and oxygen atoms in total. The van der Waals surface area contributed by atoms with Crippen LogP contribution in [0.5, 0.6) is 0 Å². The number of hydrogen-bond donors (Lipinski definition) is 1. The van der Waals surface area contributed by atoms with Gasteiger partial charge in [0.15, 0.2) is 0 Å². The van der Waals surface area contributed by atoms with Gasteiger partial charge >= 0.3 is 0 Å². The van der Waals surface area contributed by atoms with Crippen LogP contribution in [0.1, 0.15) is 20.1 Å². The van der Waals surface area contributed by atoms with E-state index in [2.05, 4.69) is 11.4 Å². The zero-order valence-corrected chi connectivity index (χ0v) is 7.12. The minimum atomic E-state index is 0.101. The molecule has 0 aromatic carbocycles. The molecule has 1 aliphatic rings. The van der Waals surface area contributed by atoms with Crippen LogP contribution in [0.3, 0.4) is 0 Å². The van der Waals surface area contributed by atoms with E-state index >= 15 is 0 Å². The van der Waals surface area contributed by atoms with Crippen LogP contribution >= 0.6 is 11.3 Å². The van der Waals surface area contributed by atoms with E-state index in [0.717, 1.165) is 17.8 Å². The van der Waals surface area contributed by atoms with E-state index in [-0.39, 0.29) is 5.91 Å². The van der Waals surface area contributed by atoms with E-state index in [4.69, 9.17) is 0 Å². The van der Waals surface area contributed by atoms with Gasteiger partial charge in [-0.25, -0.2) is 0 Å². The Balaban J connectivity index is 2.52. The number of amides is 1. The number of carbonyl (C=O) groups is 1. The fourth-order valence-electron chi connectivity index (χ4n) is 1.34. The fraction of sp³-hybridized carbons (Fsp3) is 0.375. The van der Waals surface area contributed by atoms with Crippen LogP contribution in [-0.4, -0.2) is 12.5 Å². The maximum Gasteiger partial charge on any atom is 0.261 e. The molecule has 0 atom stereocenters. The van der Waals surface area contributed by atoms with Gasteiger partial charge in [0.05, 0.1) is 4.88 Å². The number of carbonyl (C=O) groups excluding carboxylic acids is 1. The second kappa shape index (κ2) is 2.34. The summed E-state index contributed by atoms with van der Waals surface area (Å²) in [5.74, 6) is 0.101. The highest BCUT2D eigenvalue weighted by Gasteiger charge is 2.18. The molecule has 2 rings (SSSR count). The van der Waals surface area contributed by atoms with Crippen molar-refractivity contribution in [3.63, 3.8) is 0 Å². The summed E-state index contributed by atoms with van der Waals surface area (Å²) in [4.78, 5) is 13.3. The van der Waals surface area contributed by atoms with E-state index in [9.17, 15) is 4.79 Å². The fourth-order valence-corrected chi connectivity index (χ4v) is 2.32. The van der Waals surface area contributed by atoms with Crippen molar-refractivity contribution in [3.05, 3.63) is 21.4 Å². The second-order valence-corrected chi connectivity index (χ2v) is 3.97. The van der Waals surface area contributed by atoms with Crippen LogP contribution in [0.15, 0.2) is 6.07 Å². The molecule has 1 aliphatic heterocycles. The first kappa shape index (κ1) is 6.85. The first-order valence-corrected chi connectivity index (χ1v) is 4.46. The first-order chi connectivity index (χ1) is 5.27. The summed E-state index contributed by atoms with van der Waals surface area (Å²) >= 11 is 1.59. The molecular formula is C8H9NOS. The standard InChI is InChI=1S/C8H9NOS/c1-5-4-6-2-3-9-8(10)7(6)11-5/h4H,2-3H2,1H3,(H,9,10). The summed E-state index contributed by atoms with van der Waals surface area (Å²) in [7, 11) is 0. The predicted molar refractivity (Wildman–Crippen MR) is 45.1 cm³/mol. The number of fused-ring (bicyclic) bond motifs is 1. The van der Waals surface area contributed by atoms with E-state index in [1.54, 1.807) is 11.3 Å². The Morgan fingerprint density at radius 1 is 1.64 bits per heavy atom. The Kier molecular flexibility index (Phi) is 1.46. The van der Waals surface area contributed by atoms with E-state index in [1.165, 1.54) is 10.4 Å². The second-order valence-electron chi connectivity index (χ2n) is 2.72. The highest BCUT2D eigenvalue weighted by Crippen LogP contribution is 2.23. The smallest absolute Gasteiger partial charge is 0.261 e. The van der Waals surface area contributed by atoms with Gasteiger partial charge in [-0.2, -0.15) is 0 Å². The minimum absolute atomic E-state index is 0.101. The average Bonchev–Trinajstić information content (AvgIpc) is 2.31. The van der Waals surface area contributed by atoms with Crippen molar-refractivity contribution in [1.29, 1.82) is 0 Å². The lowest BCUT2D eigenvalue weighted by molar-refractivity contribution is 0.0950. The molecule has 0 fully saturated rings. The van der Waals surface area contributed by atoms with E-state index in [1.807, 2.05) is 6.92 Å². The maximum absolute atomic E-state index is 11.2. The zero-order valence-electron chi connectivity index (χ0n) is 6.31. The SMILES string of the molecule is Cc1cc2c(s1)C(=O)NCC2. The van der Waals surface area contributed by atoms with Crippen LogP contribution in [-0.2, 0) is 6.42 Å². The summed E-state index contributed by atoms with van der Waals surface area (Å²) in [6.07, 6.45) is 0.991. The molecular weight excluding hydrogens is 158 g/mol. The summed E-state index contributed by atoms with van der Waals surface area (Å²) in [6, 6.07) is 2.11. The van der Waals surface area contributed by atoms with Gasteiger partial charge in [-0.1, -0.05) is 0 Å². The normalized spacial score (nSPS) is 15.9. The van der Waals surface area contributed by atoms with E-state index < -0.39 is 0 Å². The third-order valence-electron chi connectivity index (χ3n) is 1.82. The van der Waals surface area contributed by atoms with Crippen molar-refractivity contribution in [3.8, 4) is 0 Å². The Morgan fingerprint density at radius 2 is 2.45 bits per heavy atom. The third-order valence-corrected chi connectivity index (χ3v) is 2.91. The maximum atomic E-state index is 11.2. The van der Waals surface area contributed by atoms with Gasteiger partial charge < -0.3 is 5.32 Å². The van der Waals surface area contributed by atoms with Gasteiger partial charge in [0.1, 0.15) is 0 Å². The molecule has 58 valence electrons. The average molecular weight is 167 g/mol. The summed E-state index contributed by atoms with van der Waals surface area (Å²) in [5, 5.41) is 2.82. The molecule has 1 aromatic heterocycles. The predicted octanol–water partition coefficient (Wildman–Crippen LogP) is 1.34. The molecule has 1 N–H and O–H groups in total. The van der Waals surface area contributed by atoms with Gasteiger partial charge in [0.25, 0.3) is 5.91 Å². The summed E-state index contributed by atoms with van der Waals surface area (Å²) in [6.45, 7) is 2.83. The van der Waals surface area contributed by atoms with Crippen LogP contribution in [0.25, 0.3) is 0 Å². The number of rotatable bonds is 0. The lowest BCUT2D eigenvalue weighted by Gasteiger charge is -2.10. The van der Waals surface area contributed by atoms with Crippen molar-refractivity contribution in [2.24, 2.45) is 0 Å². The van der Waals surface area contributed by atoms with Crippen molar-refractivity contribution >= 4 is 17.2 Å². The molecule has 0 spiro atoms. The van der Waals surface area contributed by atoms with Gasteiger partial charge in [0, 0.05) is 11.4 Å². The first-order valence-electron chi connectivity index (χ1n) is 3.65. The van der Waals surface area contributed by atoms with Crippen LogP contribution in [0.4, 0.5) is 0 Å². The van der Waals surface area contributed by atoms with Crippen molar-refractivity contribution in [2.45, 2.75) is 13.3 Å². The minimum Gasteiger partial charge on any atom is -0.351 e. The highest BCUT2D eigenvalue weighted by molar-refractivity contribution is 7.14. The molecule has 0 saturated heterocycles. The van der Waals surface area contributed by atoms with Crippen molar-refractivity contribution in [2.75, 3.05) is 6.54 Å². The number of thiophene rings is 1. The van der Waals surface area contributed by atoms with Gasteiger partial charge in [-0.05, 0) is 25.0 Å². The molecule has 11 heavy (non-hydrogen) atoms. The van der Waals surface area contributed by atoms with Gasteiger partial charge in [-0.15, -0.1) is 11.3 Å². The lowest BCUT2D eigenvalue weighted by Crippen LogP contribution is -2.30. The summed E-state index contributed by atoms with van der Waals surface area (Å²) < 4.78 is 0. The third kappa shape index (κ3) is 1.05. The monoisotopic (exact) mass is 167 g/mol. The van der Waals surface area contributed by atoms with Crippen molar-refractivity contribution in [1.82, 2.24) is 5.32 Å². The molecule has 0 bridgehead atoms. The largest absolute Gasteiger partial charge is 0.351 e. The Hall–Kier alpha value is -0.830. The molecule has 0 aliphatic carbocycles. The Bertz CT molecular complexity index is 303. The lowest BCUT2D eigenvalue weighted by atomic mass is 10.1. The molecule has 0 saturated carbocycles. The molecule has 0 unspecified atom stereocenters. The van der Waals surface area contributed by atoms with Crippen LogP contribution < -0.4 is 5.32 Å². The van der Waals surface area contributed by atoms with Gasteiger partial charge in [-0.3, -0.25) is 4.79 Å².